The molecule has 0 aliphatic heterocycles. The summed E-state index contributed by atoms with van der Waals surface area (Å²) in [7, 11) is 0. The zero-order valence-corrected chi connectivity index (χ0v) is 15.0. The predicted octanol–water partition coefficient (Wildman–Crippen LogP) is 2.33. The number of H-pyrrole nitrogens is 1. The van der Waals surface area contributed by atoms with Crippen molar-refractivity contribution in [3.8, 4) is 0 Å². The van der Waals surface area contributed by atoms with Gasteiger partial charge in [0, 0.05) is 24.2 Å². The first-order valence-electron chi connectivity index (χ1n) is 8.91. The summed E-state index contributed by atoms with van der Waals surface area (Å²) in [6, 6.07) is 5.75. The molecule has 0 spiro atoms. The van der Waals surface area contributed by atoms with E-state index in [0.29, 0.717) is 18.0 Å². The van der Waals surface area contributed by atoms with Gasteiger partial charge in [-0.2, -0.15) is 0 Å². The van der Waals surface area contributed by atoms with Gasteiger partial charge >= 0.3 is 5.69 Å². The number of nitrogens with one attached hydrogen (secondary N) is 2. The van der Waals surface area contributed by atoms with E-state index in [0.717, 1.165) is 23.9 Å². The third kappa shape index (κ3) is 3.60. The molecule has 1 aromatic heterocycles. The van der Waals surface area contributed by atoms with E-state index in [9.17, 15) is 9.59 Å². The van der Waals surface area contributed by atoms with Crippen LogP contribution in [0.1, 0.15) is 54.9 Å². The molecule has 2 saturated carbocycles. The van der Waals surface area contributed by atoms with Gasteiger partial charge in [0.2, 0.25) is 0 Å². The fourth-order valence-corrected chi connectivity index (χ4v) is 3.80. The van der Waals surface area contributed by atoms with E-state index in [1.54, 1.807) is 12.1 Å². The highest BCUT2D eigenvalue weighted by Gasteiger charge is 2.28. The van der Waals surface area contributed by atoms with Crippen LogP contribution in [0.3, 0.4) is 0 Å². The van der Waals surface area contributed by atoms with Gasteiger partial charge in [-0.15, -0.1) is 12.4 Å². The summed E-state index contributed by atoms with van der Waals surface area (Å²) in [6.45, 7) is 0.501. The zero-order chi connectivity index (χ0) is 16.7. The van der Waals surface area contributed by atoms with Crippen molar-refractivity contribution < 1.29 is 4.79 Å². The lowest BCUT2D eigenvalue weighted by atomic mass is 10.1. The molecule has 1 atom stereocenters. The maximum absolute atomic E-state index is 12.3. The standard InChI is InChI=1S/C18H24N4O2.ClH/c19-14(11-5-6-11)10-20-17(23)12-7-8-16-15(9-12)21-18(24)22(16)13-3-1-2-4-13;/h7-9,11,13-14H,1-6,10,19H2,(H,20,23)(H,21,24);1H. The van der Waals surface area contributed by atoms with Crippen LogP contribution in [0, 0.1) is 5.92 Å². The molecule has 2 fully saturated rings. The fourth-order valence-electron chi connectivity index (χ4n) is 3.80. The second-order valence-corrected chi connectivity index (χ2v) is 7.18. The van der Waals surface area contributed by atoms with Gasteiger partial charge < -0.3 is 16.0 Å². The summed E-state index contributed by atoms with van der Waals surface area (Å²) in [4.78, 5) is 27.5. The number of hydrogen-bond acceptors (Lipinski definition) is 3. The van der Waals surface area contributed by atoms with Crippen LogP contribution in [-0.2, 0) is 0 Å². The molecule has 1 unspecified atom stereocenters. The number of nitrogens with zero attached hydrogens (tertiary/aromatic N) is 1. The van der Waals surface area contributed by atoms with Gasteiger partial charge in [0.15, 0.2) is 0 Å². The maximum Gasteiger partial charge on any atom is 0.326 e. The third-order valence-corrected chi connectivity index (χ3v) is 5.39. The highest BCUT2D eigenvalue weighted by atomic mass is 35.5. The largest absolute Gasteiger partial charge is 0.350 e. The molecular formula is C18H25ClN4O2. The van der Waals surface area contributed by atoms with Gasteiger partial charge in [-0.05, 0) is 49.8 Å². The van der Waals surface area contributed by atoms with Crippen LogP contribution in [0.25, 0.3) is 11.0 Å². The summed E-state index contributed by atoms with van der Waals surface area (Å²) >= 11 is 0. The Kier molecular flexibility index (Phi) is 5.20. The fraction of sp³-hybridized carbons (Fsp3) is 0.556. The Morgan fingerprint density at radius 3 is 2.68 bits per heavy atom. The van der Waals surface area contributed by atoms with Crippen LogP contribution in [-0.4, -0.2) is 28.0 Å². The Morgan fingerprint density at radius 1 is 1.28 bits per heavy atom. The first-order valence-corrected chi connectivity index (χ1v) is 8.91. The molecule has 0 bridgehead atoms. The van der Waals surface area contributed by atoms with Crippen molar-refractivity contribution in [2.24, 2.45) is 11.7 Å². The van der Waals surface area contributed by atoms with Gasteiger partial charge in [0.25, 0.3) is 5.91 Å². The number of nitrogens with two attached hydrogens (primary N) is 1. The molecule has 2 aliphatic carbocycles. The SMILES string of the molecule is Cl.NC(CNC(=O)c1ccc2c(c1)[nH]c(=O)n2C1CCCC1)C1CC1. The average molecular weight is 365 g/mol. The van der Waals surface area contributed by atoms with Crippen molar-refractivity contribution >= 4 is 29.3 Å². The van der Waals surface area contributed by atoms with Crippen LogP contribution in [0.4, 0.5) is 0 Å². The van der Waals surface area contributed by atoms with E-state index in [-0.39, 0.29) is 36.1 Å². The molecule has 136 valence electrons. The Hall–Kier alpha value is -1.79. The summed E-state index contributed by atoms with van der Waals surface area (Å²) < 4.78 is 1.85. The quantitative estimate of drug-likeness (QED) is 0.760. The first kappa shape index (κ1) is 18.0. The Balaban J connectivity index is 0.00000182. The Bertz CT molecular complexity index is 818. The lowest BCUT2D eigenvalue weighted by Crippen LogP contribution is -2.38. The smallest absolute Gasteiger partial charge is 0.326 e. The normalized spacial score (nSPS) is 18.9. The molecule has 0 saturated heterocycles. The molecule has 2 aromatic rings. The number of carbonyl (C=O) groups is 1. The Labute approximate surface area is 152 Å². The van der Waals surface area contributed by atoms with Crippen molar-refractivity contribution in [3.05, 3.63) is 34.2 Å². The first-order chi connectivity index (χ1) is 11.6. The van der Waals surface area contributed by atoms with E-state index in [1.165, 1.54) is 25.7 Å². The van der Waals surface area contributed by atoms with Gasteiger partial charge in [-0.1, -0.05) is 12.8 Å². The van der Waals surface area contributed by atoms with Crippen molar-refractivity contribution in [2.45, 2.75) is 50.6 Å². The lowest BCUT2D eigenvalue weighted by Gasteiger charge is -2.12. The van der Waals surface area contributed by atoms with Crippen LogP contribution in [0.2, 0.25) is 0 Å². The summed E-state index contributed by atoms with van der Waals surface area (Å²) in [5.74, 6) is 0.423. The summed E-state index contributed by atoms with van der Waals surface area (Å²) in [6.07, 6.45) is 6.77. The van der Waals surface area contributed by atoms with Gasteiger partial charge in [-0.25, -0.2) is 4.79 Å². The van der Waals surface area contributed by atoms with E-state index >= 15 is 0 Å². The highest BCUT2D eigenvalue weighted by molar-refractivity contribution is 5.97. The Morgan fingerprint density at radius 2 is 2.00 bits per heavy atom. The number of halogens is 1. The topological polar surface area (TPSA) is 92.9 Å². The van der Waals surface area contributed by atoms with Crippen molar-refractivity contribution in [3.63, 3.8) is 0 Å². The minimum absolute atomic E-state index is 0. The number of benzene rings is 1. The summed E-state index contributed by atoms with van der Waals surface area (Å²) in [5, 5.41) is 2.90. The molecule has 1 amide bonds. The molecule has 1 aromatic carbocycles. The number of aromatic amines is 1. The molecule has 4 rings (SSSR count). The van der Waals surface area contributed by atoms with E-state index in [4.69, 9.17) is 5.73 Å². The number of imidazole rings is 1. The van der Waals surface area contributed by atoms with Gasteiger partial charge in [-0.3, -0.25) is 9.36 Å². The molecule has 7 heteroatoms. The predicted molar refractivity (Wildman–Crippen MR) is 100 cm³/mol. The summed E-state index contributed by atoms with van der Waals surface area (Å²) in [5.41, 5.74) is 8.12. The van der Waals surface area contributed by atoms with E-state index in [2.05, 4.69) is 10.3 Å². The third-order valence-electron chi connectivity index (χ3n) is 5.39. The number of carbonyl (C=O) groups excluding carboxylic acids is 1. The second-order valence-electron chi connectivity index (χ2n) is 7.18. The number of amides is 1. The minimum Gasteiger partial charge on any atom is -0.350 e. The number of aromatic nitrogens is 2. The average Bonchev–Trinajstić information content (AvgIpc) is 3.19. The van der Waals surface area contributed by atoms with E-state index in [1.807, 2.05) is 10.6 Å². The highest BCUT2D eigenvalue weighted by Crippen LogP contribution is 2.31. The van der Waals surface area contributed by atoms with E-state index < -0.39 is 0 Å². The molecule has 6 nitrogen and oxygen atoms in total. The van der Waals surface area contributed by atoms with Crippen molar-refractivity contribution in [1.29, 1.82) is 0 Å². The monoisotopic (exact) mass is 364 g/mol. The number of rotatable bonds is 5. The molecular weight excluding hydrogens is 340 g/mol. The van der Waals surface area contributed by atoms with Crippen LogP contribution >= 0.6 is 12.4 Å². The molecule has 25 heavy (non-hydrogen) atoms. The van der Waals surface area contributed by atoms with Gasteiger partial charge in [0.05, 0.1) is 11.0 Å². The van der Waals surface area contributed by atoms with Gasteiger partial charge in [0.1, 0.15) is 0 Å². The van der Waals surface area contributed by atoms with Crippen molar-refractivity contribution in [2.75, 3.05) is 6.54 Å². The molecule has 4 N–H and O–H groups in total. The molecule has 1 heterocycles. The zero-order valence-electron chi connectivity index (χ0n) is 14.2. The van der Waals surface area contributed by atoms with Crippen LogP contribution in [0.15, 0.2) is 23.0 Å². The molecule has 0 radical (unpaired) electrons. The van der Waals surface area contributed by atoms with Crippen LogP contribution in [0.5, 0.6) is 0 Å². The van der Waals surface area contributed by atoms with Crippen LogP contribution < -0.4 is 16.7 Å². The number of hydrogen-bond donors (Lipinski definition) is 3. The molecule has 2 aliphatic rings. The minimum atomic E-state index is -0.137. The maximum atomic E-state index is 12.3. The van der Waals surface area contributed by atoms with Crippen molar-refractivity contribution in [1.82, 2.24) is 14.9 Å². The lowest BCUT2D eigenvalue weighted by molar-refractivity contribution is 0.0950. The number of fused-ring (bicyclic) bond motifs is 1. The second kappa shape index (κ2) is 7.22.